The third-order valence-electron chi connectivity index (χ3n) is 3.11. The van der Waals surface area contributed by atoms with Crippen molar-refractivity contribution in [2.75, 3.05) is 19.7 Å². The molecule has 1 aliphatic heterocycles. The monoisotopic (exact) mass is 249 g/mol. The van der Waals surface area contributed by atoms with Crippen LogP contribution in [0.1, 0.15) is 18.9 Å². The molecule has 0 aromatic heterocycles. The molecular formula is C14H19NO3. The highest BCUT2D eigenvalue weighted by atomic mass is 16.5. The molecule has 0 aliphatic carbocycles. The van der Waals surface area contributed by atoms with Gasteiger partial charge in [0.25, 0.3) is 0 Å². The Kier molecular flexibility index (Phi) is 4.20. The molecular weight excluding hydrogens is 230 g/mol. The normalized spacial score (nSPS) is 19.0. The number of benzene rings is 1. The summed E-state index contributed by atoms with van der Waals surface area (Å²) < 4.78 is 5.35. The zero-order chi connectivity index (χ0) is 13.0. The molecule has 0 saturated carbocycles. The quantitative estimate of drug-likeness (QED) is 0.873. The van der Waals surface area contributed by atoms with E-state index in [4.69, 9.17) is 4.74 Å². The van der Waals surface area contributed by atoms with Crippen molar-refractivity contribution in [2.24, 2.45) is 0 Å². The Morgan fingerprint density at radius 3 is 2.72 bits per heavy atom. The van der Waals surface area contributed by atoms with Crippen LogP contribution in [-0.4, -0.2) is 41.7 Å². The SMILES string of the molecule is CCOc1ccc(CC(=O)N2CC[C@H](O)C2)cc1. The number of aliphatic hydroxyl groups is 1. The Bertz CT molecular complexity index is 402. The third kappa shape index (κ3) is 3.23. The molecule has 1 aromatic rings. The van der Waals surface area contributed by atoms with E-state index in [1.165, 1.54) is 0 Å². The number of hydrogen-bond acceptors (Lipinski definition) is 3. The van der Waals surface area contributed by atoms with Gasteiger partial charge in [0, 0.05) is 13.1 Å². The Labute approximate surface area is 107 Å². The number of ether oxygens (including phenoxy) is 1. The third-order valence-corrected chi connectivity index (χ3v) is 3.11. The van der Waals surface area contributed by atoms with Gasteiger partial charge in [0.2, 0.25) is 5.91 Å². The van der Waals surface area contributed by atoms with E-state index < -0.39 is 0 Å². The maximum Gasteiger partial charge on any atom is 0.227 e. The van der Waals surface area contributed by atoms with Crippen molar-refractivity contribution in [3.63, 3.8) is 0 Å². The van der Waals surface area contributed by atoms with Crippen molar-refractivity contribution in [1.82, 2.24) is 4.90 Å². The molecule has 0 bridgehead atoms. The number of hydrogen-bond donors (Lipinski definition) is 1. The van der Waals surface area contributed by atoms with Crippen LogP contribution < -0.4 is 4.74 Å². The highest BCUT2D eigenvalue weighted by Gasteiger charge is 2.24. The van der Waals surface area contributed by atoms with Crippen LogP contribution in [-0.2, 0) is 11.2 Å². The van der Waals surface area contributed by atoms with Crippen molar-refractivity contribution in [3.05, 3.63) is 29.8 Å². The molecule has 4 heteroatoms. The molecule has 2 rings (SSSR count). The zero-order valence-corrected chi connectivity index (χ0v) is 10.6. The first-order valence-corrected chi connectivity index (χ1v) is 6.36. The summed E-state index contributed by atoms with van der Waals surface area (Å²) in [5, 5.41) is 9.40. The second kappa shape index (κ2) is 5.87. The van der Waals surface area contributed by atoms with Gasteiger partial charge in [0.15, 0.2) is 0 Å². The van der Waals surface area contributed by atoms with Crippen molar-refractivity contribution in [1.29, 1.82) is 0 Å². The van der Waals surface area contributed by atoms with Crippen LogP contribution in [0.3, 0.4) is 0 Å². The van der Waals surface area contributed by atoms with Gasteiger partial charge >= 0.3 is 0 Å². The van der Waals surface area contributed by atoms with Crippen LogP contribution in [0.4, 0.5) is 0 Å². The molecule has 1 fully saturated rings. The Hall–Kier alpha value is -1.55. The maximum atomic E-state index is 12.0. The van der Waals surface area contributed by atoms with Gasteiger partial charge in [0.1, 0.15) is 5.75 Å². The number of carbonyl (C=O) groups is 1. The summed E-state index contributed by atoms with van der Waals surface area (Å²) in [5.74, 6) is 0.904. The molecule has 0 unspecified atom stereocenters. The number of carbonyl (C=O) groups excluding carboxylic acids is 1. The van der Waals surface area contributed by atoms with Crippen molar-refractivity contribution in [2.45, 2.75) is 25.9 Å². The average molecular weight is 249 g/mol. The molecule has 1 aromatic carbocycles. The predicted octanol–water partition coefficient (Wildman–Crippen LogP) is 1.22. The van der Waals surface area contributed by atoms with Crippen LogP contribution in [0.15, 0.2) is 24.3 Å². The van der Waals surface area contributed by atoms with Gasteiger partial charge in [0.05, 0.1) is 19.1 Å². The highest BCUT2D eigenvalue weighted by molar-refractivity contribution is 5.79. The first-order chi connectivity index (χ1) is 8.69. The minimum Gasteiger partial charge on any atom is -0.494 e. The lowest BCUT2D eigenvalue weighted by Gasteiger charge is -2.15. The van der Waals surface area contributed by atoms with Gasteiger partial charge in [-0.25, -0.2) is 0 Å². The fraction of sp³-hybridized carbons (Fsp3) is 0.500. The van der Waals surface area contributed by atoms with Gasteiger partial charge in [-0.1, -0.05) is 12.1 Å². The van der Waals surface area contributed by atoms with E-state index in [2.05, 4.69) is 0 Å². The summed E-state index contributed by atoms with van der Waals surface area (Å²) in [4.78, 5) is 13.7. The zero-order valence-electron chi connectivity index (χ0n) is 10.6. The number of rotatable bonds is 4. The molecule has 98 valence electrons. The van der Waals surface area contributed by atoms with E-state index in [9.17, 15) is 9.90 Å². The van der Waals surface area contributed by atoms with Gasteiger partial charge < -0.3 is 14.7 Å². The molecule has 1 atom stereocenters. The first kappa shape index (κ1) is 12.9. The molecule has 18 heavy (non-hydrogen) atoms. The number of aliphatic hydroxyl groups excluding tert-OH is 1. The average Bonchev–Trinajstić information content (AvgIpc) is 2.79. The number of likely N-dealkylation sites (tertiary alicyclic amines) is 1. The smallest absolute Gasteiger partial charge is 0.227 e. The van der Waals surface area contributed by atoms with Crippen LogP contribution in [0.5, 0.6) is 5.75 Å². The topological polar surface area (TPSA) is 49.8 Å². The summed E-state index contributed by atoms with van der Waals surface area (Å²) in [6.07, 6.45) is 0.725. The van der Waals surface area contributed by atoms with Crippen LogP contribution >= 0.6 is 0 Å². The number of amides is 1. The summed E-state index contributed by atoms with van der Waals surface area (Å²) in [7, 11) is 0. The lowest BCUT2D eigenvalue weighted by molar-refractivity contribution is -0.129. The van der Waals surface area contributed by atoms with Crippen molar-refractivity contribution < 1.29 is 14.6 Å². The summed E-state index contributed by atoms with van der Waals surface area (Å²) >= 11 is 0. The minimum absolute atomic E-state index is 0.0794. The number of nitrogens with zero attached hydrogens (tertiary/aromatic N) is 1. The van der Waals surface area contributed by atoms with Gasteiger partial charge in [-0.2, -0.15) is 0 Å². The molecule has 4 nitrogen and oxygen atoms in total. The second-order valence-corrected chi connectivity index (χ2v) is 4.54. The Balaban J connectivity index is 1.90. The molecule has 1 N–H and O–H groups in total. The van der Waals surface area contributed by atoms with E-state index in [1.54, 1.807) is 4.90 Å². The molecule has 1 amide bonds. The van der Waals surface area contributed by atoms with Crippen LogP contribution in [0.2, 0.25) is 0 Å². The minimum atomic E-state index is -0.353. The van der Waals surface area contributed by atoms with Crippen molar-refractivity contribution >= 4 is 5.91 Å². The van der Waals surface area contributed by atoms with E-state index in [0.29, 0.717) is 32.5 Å². The van der Waals surface area contributed by atoms with Gasteiger partial charge in [-0.3, -0.25) is 4.79 Å². The fourth-order valence-corrected chi connectivity index (χ4v) is 2.12. The van der Waals surface area contributed by atoms with Gasteiger partial charge in [-0.15, -0.1) is 0 Å². The Morgan fingerprint density at radius 2 is 2.17 bits per heavy atom. The summed E-state index contributed by atoms with van der Waals surface area (Å²) in [5.41, 5.74) is 0.977. The molecule has 0 radical (unpaired) electrons. The lowest BCUT2D eigenvalue weighted by atomic mass is 10.1. The number of β-amino-alcohol motifs (C(OH)–C–C–N with tert-alkyl or cyclic N) is 1. The lowest BCUT2D eigenvalue weighted by Crippen LogP contribution is -2.30. The van der Waals surface area contributed by atoms with Crippen LogP contribution in [0.25, 0.3) is 0 Å². The van der Waals surface area contributed by atoms with Crippen molar-refractivity contribution in [3.8, 4) is 5.75 Å². The summed E-state index contributed by atoms with van der Waals surface area (Å²) in [6, 6.07) is 7.58. The molecule has 1 saturated heterocycles. The second-order valence-electron chi connectivity index (χ2n) is 4.54. The first-order valence-electron chi connectivity index (χ1n) is 6.36. The van der Waals surface area contributed by atoms with E-state index in [0.717, 1.165) is 11.3 Å². The highest BCUT2D eigenvalue weighted by Crippen LogP contribution is 2.15. The van der Waals surface area contributed by atoms with Crippen LogP contribution in [0, 0.1) is 0 Å². The Morgan fingerprint density at radius 1 is 1.44 bits per heavy atom. The standard InChI is InChI=1S/C14H19NO3/c1-2-18-13-5-3-11(4-6-13)9-14(17)15-8-7-12(16)10-15/h3-6,12,16H,2,7-10H2,1H3/t12-/m0/s1. The van der Waals surface area contributed by atoms with E-state index in [-0.39, 0.29) is 12.0 Å². The largest absolute Gasteiger partial charge is 0.494 e. The van der Waals surface area contributed by atoms with E-state index in [1.807, 2.05) is 31.2 Å². The predicted molar refractivity (Wildman–Crippen MR) is 68.5 cm³/mol. The maximum absolute atomic E-state index is 12.0. The molecule has 1 aliphatic rings. The fourth-order valence-electron chi connectivity index (χ4n) is 2.12. The molecule has 1 heterocycles. The van der Waals surface area contributed by atoms with E-state index >= 15 is 0 Å². The molecule has 0 spiro atoms. The van der Waals surface area contributed by atoms with Gasteiger partial charge in [-0.05, 0) is 31.0 Å². The summed E-state index contributed by atoms with van der Waals surface area (Å²) in [6.45, 7) is 3.72.